The molecule has 1 aliphatic carbocycles. The smallest absolute Gasteiger partial charge is 0.0267 e. The average Bonchev–Trinajstić information content (AvgIpc) is 3.53. The fourth-order valence-electron chi connectivity index (χ4n) is 8.96. The van der Waals surface area contributed by atoms with Crippen LogP contribution in [-0.4, -0.2) is 0 Å². The van der Waals surface area contributed by atoms with Crippen LogP contribution in [0.1, 0.15) is 143 Å². The van der Waals surface area contributed by atoms with Crippen molar-refractivity contribution in [3.8, 4) is 0 Å². The summed E-state index contributed by atoms with van der Waals surface area (Å²) in [5.41, 5.74) is 23.3. The Morgan fingerprint density at radius 3 is 1.10 bits per heavy atom. The number of hydrogen-bond acceptors (Lipinski definition) is 0. The van der Waals surface area contributed by atoms with Crippen molar-refractivity contribution in [3.05, 3.63) is 307 Å². The highest BCUT2D eigenvalue weighted by Crippen LogP contribution is 2.25. The molecule has 81 heavy (non-hydrogen) atoms. The van der Waals surface area contributed by atoms with Gasteiger partial charge in [-0.25, -0.2) is 0 Å². The van der Waals surface area contributed by atoms with Crippen molar-refractivity contribution in [2.45, 2.75) is 163 Å². The maximum Gasteiger partial charge on any atom is 0.0267 e. The number of aryl methyl sites for hydroxylation is 15. The van der Waals surface area contributed by atoms with Gasteiger partial charge in [0.05, 0.1) is 0 Å². The third kappa shape index (κ3) is 27.2. The van der Waals surface area contributed by atoms with Gasteiger partial charge in [0.2, 0.25) is 0 Å². The maximum absolute atomic E-state index is 7.49. The van der Waals surface area contributed by atoms with Gasteiger partial charge in [0.1, 0.15) is 0 Å². The minimum Gasteiger partial charge on any atom is -0.0651 e. The molecule has 0 amide bonds. The van der Waals surface area contributed by atoms with Gasteiger partial charge in [0.15, 0.2) is 0 Å². The number of rotatable bonds is 1. The van der Waals surface area contributed by atoms with E-state index in [1.165, 1.54) is 135 Å². The van der Waals surface area contributed by atoms with Crippen LogP contribution in [0.15, 0.2) is 212 Å². The van der Waals surface area contributed by atoms with Crippen molar-refractivity contribution in [1.29, 1.82) is 0 Å². The van der Waals surface area contributed by atoms with Gasteiger partial charge < -0.3 is 0 Å². The van der Waals surface area contributed by atoms with Gasteiger partial charge in [-0.15, -0.1) is 0 Å². The summed E-state index contributed by atoms with van der Waals surface area (Å²) in [6.07, 6.45) is 5.05. The topological polar surface area (TPSA) is 0 Å². The Hall–Kier alpha value is -7.28. The average molecular weight is 1080 g/mol. The van der Waals surface area contributed by atoms with Crippen LogP contribution < -0.4 is 0 Å². The predicted molar refractivity (Wildman–Crippen MR) is 364 cm³/mol. The molecule has 0 atom stereocenters. The zero-order chi connectivity index (χ0) is 61.5. The second-order valence-electron chi connectivity index (χ2n) is 22.3. The van der Waals surface area contributed by atoms with E-state index in [1.54, 1.807) is 6.92 Å². The van der Waals surface area contributed by atoms with E-state index in [2.05, 4.69) is 312 Å². The van der Waals surface area contributed by atoms with Crippen molar-refractivity contribution in [3.63, 3.8) is 0 Å². The Balaban J connectivity index is 0.000000246. The zero-order valence-electron chi connectivity index (χ0n) is 55.3. The van der Waals surface area contributed by atoms with Gasteiger partial charge in [-0.1, -0.05) is 291 Å². The molecule has 0 unspecified atom stereocenters. The van der Waals surface area contributed by atoms with Crippen LogP contribution in [-0.2, 0) is 0 Å². The minimum absolute atomic E-state index is 0.334. The number of fused-ring (bicyclic) bond motifs is 2. The summed E-state index contributed by atoms with van der Waals surface area (Å²) in [7, 11) is 0. The lowest BCUT2D eigenvalue weighted by Crippen LogP contribution is -2.03. The highest BCUT2D eigenvalue weighted by atomic mass is 14.2. The van der Waals surface area contributed by atoms with E-state index in [0.29, 0.717) is 5.92 Å². The minimum atomic E-state index is -0.930. The summed E-state index contributed by atoms with van der Waals surface area (Å²) in [6, 6.07) is 74.2. The molecule has 10 aromatic carbocycles. The lowest BCUT2D eigenvalue weighted by atomic mass is 9.88. The normalized spacial score (nSPS) is 11.6. The first kappa shape index (κ1) is 64.5. The van der Waals surface area contributed by atoms with Crippen molar-refractivity contribution in [1.82, 2.24) is 0 Å². The molecule has 0 spiro atoms. The Kier molecular flexibility index (Phi) is 30.0. The van der Waals surface area contributed by atoms with Crippen molar-refractivity contribution >= 4 is 21.5 Å². The molecule has 0 N–H and O–H groups in total. The molecule has 10 aromatic rings. The summed E-state index contributed by atoms with van der Waals surface area (Å²) in [5, 5.41) is 5.33. The van der Waals surface area contributed by atoms with Gasteiger partial charge in [-0.3, -0.25) is 0 Å². The molecule has 0 saturated heterocycles. The van der Waals surface area contributed by atoms with Crippen LogP contribution in [0, 0.1) is 124 Å². The molecule has 0 heterocycles. The molecular weight excluding hydrogens is 973 g/mol. The third-order valence-corrected chi connectivity index (χ3v) is 15.1. The lowest BCUT2D eigenvalue weighted by Gasteiger charge is -2.18. The predicted octanol–water partition coefficient (Wildman–Crippen LogP) is 24.0. The lowest BCUT2D eigenvalue weighted by molar-refractivity contribution is 0.349. The highest BCUT2D eigenvalue weighted by molar-refractivity contribution is 5.85. The maximum atomic E-state index is 7.49. The quantitative estimate of drug-likeness (QED) is 0.154. The Bertz CT molecular complexity index is 3320. The van der Waals surface area contributed by atoms with Crippen molar-refractivity contribution in [2.75, 3.05) is 0 Å². The molecule has 426 valence electrons. The molecule has 0 aliphatic heterocycles. The Morgan fingerprint density at radius 2 is 0.642 bits per heavy atom. The van der Waals surface area contributed by atoms with E-state index >= 15 is 0 Å². The van der Waals surface area contributed by atoms with Crippen LogP contribution in [0.4, 0.5) is 0 Å². The summed E-state index contributed by atoms with van der Waals surface area (Å²) in [5.74, 6) is 0.334. The molecule has 11 rings (SSSR count). The first-order valence-corrected chi connectivity index (χ1v) is 29.4. The molecular formula is C81H102. The largest absolute Gasteiger partial charge is 0.0651 e. The first-order chi connectivity index (χ1) is 39.4. The highest BCUT2D eigenvalue weighted by Gasteiger charge is 2.09. The Morgan fingerprint density at radius 1 is 0.272 bits per heavy atom. The van der Waals surface area contributed by atoms with E-state index in [9.17, 15) is 0 Å². The van der Waals surface area contributed by atoms with Gasteiger partial charge in [0, 0.05) is 2.74 Å². The van der Waals surface area contributed by atoms with Gasteiger partial charge >= 0.3 is 0 Å². The van der Waals surface area contributed by atoms with Gasteiger partial charge in [-0.05, 0) is 206 Å². The van der Waals surface area contributed by atoms with Crippen LogP contribution in [0.3, 0.4) is 0 Å². The summed E-state index contributed by atoms with van der Waals surface area (Å²) >= 11 is 0. The van der Waals surface area contributed by atoms with Crippen molar-refractivity contribution < 1.29 is 2.74 Å². The molecule has 0 radical (unpaired) electrons. The molecule has 0 nitrogen and oxygen atoms in total. The van der Waals surface area contributed by atoms with E-state index in [0.717, 1.165) is 12.8 Å². The van der Waals surface area contributed by atoms with Crippen LogP contribution in [0.5, 0.6) is 0 Å². The van der Waals surface area contributed by atoms with E-state index < -0.39 is 6.37 Å². The fraction of sp³-hybridized carbons (Fsp3) is 0.309. The zero-order valence-corrected chi connectivity index (χ0v) is 53.3. The molecule has 1 fully saturated rings. The second kappa shape index (κ2) is 37.6. The Labute approximate surface area is 497 Å². The van der Waals surface area contributed by atoms with Crippen LogP contribution in [0.2, 0.25) is 0 Å². The third-order valence-electron chi connectivity index (χ3n) is 15.1. The molecule has 1 aliphatic rings. The number of benzene rings is 10. The first-order valence-electron chi connectivity index (χ1n) is 30.4. The van der Waals surface area contributed by atoms with Crippen molar-refractivity contribution in [2.24, 2.45) is 5.92 Å². The van der Waals surface area contributed by atoms with Gasteiger partial charge in [0.25, 0.3) is 0 Å². The van der Waals surface area contributed by atoms with Crippen LogP contribution >= 0.6 is 0 Å². The van der Waals surface area contributed by atoms with E-state index in [4.69, 9.17) is 2.74 Å². The molecule has 0 bridgehead atoms. The van der Waals surface area contributed by atoms with E-state index in [-0.39, 0.29) is 0 Å². The number of hydrogen-bond donors (Lipinski definition) is 0. The monoisotopic (exact) mass is 1080 g/mol. The second-order valence-corrected chi connectivity index (χ2v) is 22.3. The summed E-state index contributed by atoms with van der Waals surface area (Å²) in [6.45, 7) is 38.0. The summed E-state index contributed by atoms with van der Waals surface area (Å²) in [4.78, 5) is 0. The molecule has 0 aromatic heterocycles. The standard InChI is InChI=1S/2C11H10.C10H14.2C9H12.2C8H10.C8H16.C7H8/c1-9-5-4-7-10-6-2-3-8-11(9)10;1-9-6-7-10-4-2-3-5-11(10)8-9;1-7-5-8(2)10(4)9(3)6-7;1-7-4-5-8(2)9(3)6-7;1-7-5-4-6-8(2)9(7)3;1-7-3-5-8(2)6-4-7;1-7-5-3-4-6-8(7)2;1-2-8-6-4-3-5-7-8;1-7-5-3-2-4-6-7/h2*2-8H,1H3;5-6H,1-4H3;2*4-6H,1-3H3;2*3-6H,1-2H3;8H,2-7H2,1H3;2-6H,1H3/i;;;;;;;2D2;. The van der Waals surface area contributed by atoms with Crippen LogP contribution in [0.25, 0.3) is 21.5 Å². The molecule has 1 saturated carbocycles. The fourth-order valence-corrected chi connectivity index (χ4v) is 8.96. The van der Waals surface area contributed by atoms with E-state index in [1.807, 2.05) is 18.2 Å². The van der Waals surface area contributed by atoms with Gasteiger partial charge in [-0.2, -0.15) is 0 Å². The SMILES string of the molecule is Cc1cc(C)c(C)c(C)c1.Cc1ccc(C)c(C)c1.Cc1ccc(C)cc1.Cc1ccc2ccccc2c1.Cc1cccc(C)c1C.Cc1cccc2ccccc12.Cc1ccccc1.Cc1ccccc1C.[2H]C([2H])(C)C1CCCCC1. The molecule has 0 heteroatoms. The summed E-state index contributed by atoms with van der Waals surface area (Å²) < 4.78 is 15.0.